The zero-order chi connectivity index (χ0) is 13.7. The van der Waals surface area contributed by atoms with E-state index < -0.39 is 0 Å². The van der Waals surface area contributed by atoms with Crippen LogP contribution in [0.5, 0.6) is 5.75 Å². The molecule has 0 bridgehead atoms. The van der Waals surface area contributed by atoms with Crippen LogP contribution >= 0.6 is 0 Å². The van der Waals surface area contributed by atoms with E-state index in [4.69, 9.17) is 4.74 Å². The molecule has 1 amide bonds. The molecule has 0 spiro atoms. The van der Waals surface area contributed by atoms with Crippen molar-refractivity contribution < 1.29 is 9.53 Å². The Labute approximate surface area is 113 Å². The molecule has 2 aromatic carbocycles. The fraction of sp³-hybridized carbons (Fsp3) is 0.188. The van der Waals surface area contributed by atoms with Crippen LogP contribution in [0.1, 0.15) is 11.1 Å². The van der Waals surface area contributed by atoms with Crippen molar-refractivity contribution in [2.24, 2.45) is 0 Å². The quantitative estimate of drug-likeness (QED) is 0.910. The summed E-state index contributed by atoms with van der Waals surface area (Å²) in [4.78, 5) is 11.8. The minimum atomic E-state index is -0.158. The molecule has 0 saturated heterocycles. The van der Waals surface area contributed by atoms with Crippen molar-refractivity contribution >= 4 is 11.6 Å². The van der Waals surface area contributed by atoms with Crippen LogP contribution < -0.4 is 10.1 Å². The third kappa shape index (κ3) is 3.85. The number of carbonyl (C=O) groups excluding carboxylic acids is 1. The van der Waals surface area contributed by atoms with E-state index in [1.54, 1.807) is 0 Å². The summed E-state index contributed by atoms with van der Waals surface area (Å²) in [6.07, 6.45) is 0. The summed E-state index contributed by atoms with van der Waals surface area (Å²) >= 11 is 0. The lowest BCUT2D eigenvalue weighted by Gasteiger charge is -2.09. The van der Waals surface area contributed by atoms with Crippen molar-refractivity contribution in [3.63, 3.8) is 0 Å². The molecule has 0 atom stereocenters. The van der Waals surface area contributed by atoms with Crippen molar-refractivity contribution in [1.29, 1.82) is 0 Å². The summed E-state index contributed by atoms with van der Waals surface area (Å²) in [6, 6.07) is 15.3. The van der Waals surface area contributed by atoms with Crippen molar-refractivity contribution in [3.8, 4) is 5.75 Å². The minimum Gasteiger partial charge on any atom is -0.483 e. The first-order valence-electron chi connectivity index (χ1n) is 6.20. The van der Waals surface area contributed by atoms with Gasteiger partial charge in [0.25, 0.3) is 5.91 Å². The standard InChI is InChI=1S/C16H17NO2/c1-12-6-5-8-14(10-12)17-16(18)11-19-15-9-4-3-7-13(15)2/h3-10H,11H2,1-2H3,(H,17,18). The highest BCUT2D eigenvalue weighted by atomic mass is 16.5. The number of hydrogen-bond donors (Lipinski definition) is 1. The van der Waals surface area contributed by atoms with Gasteiger partial charge in [-0.1, -0.05) is 30.3 Å². The molecule has 2 rings (SSSR count). The normalized spacial score (nSPS) is 10.0. The van der Waals surface area contributed by atoms with E-state index in [0.29, 0.717) is 0 Å². The van der Waals surface area contributed by atoms with Gasteiger partial charge >= 0.3 is 0 Å². The van der Waals surface area contributed by atoms with E-state index >= 15 is 0 Å². The number of benzene rings is 2. The van der Waals surface area contributed by atoms with Gasteiger partial charge in [0.05, 0.1) is 0 Å². The van der Waals surface area contributed by atoms with Crippen LogP contribution in [0, 0.1) is 13.8 Å². The van der Waals surface area contributed by atoms with E-state index in [1.807, 2.05) is 62.4 Å². The second-order valence-corrected chi connectivity index (χ2v) is 4.47. The highest BCUT2D eigenvalue weighted by Crippen LogP contribution is 2.16. The Morgan fingerprint density at radius 3 is 2.63 bits per heavy atom. The van der Waals surface area contributed by atoms with Crippen LogP contribution in [0.15, 0.2) is 48.5 Å². The monoisotopic (exact) mass is 255 g/mol. The lowest BCUT2D eigenvalue weighted by molar-refractivity contribution is -0.118. The van der Waals surface area contributed by atoms with Crippen molar-refractivity contribution in [2.45, 2.75) is 13.8 Å². The number of rotatable bonds is 4. The van der Waals surface area contributed by atoms with Gasteiger partial charge in [0.2, 0.25) is 0 Å². The van der Waals surface area contributed by atoms with E-state index in [2.05, 4.69) is 5.32 Å². The summed E-state index contributed by atoms with van der Waals surface area (Å²) in [5, 5.41) is 2.81. The second-order valence-electron chi connectivity index (χ2n) is 4.47. The van der Waals surface area contributed by atoms with Crippen LogP contribution in [0.25, 0.3) is 0 Å². The van der Waals surface area contributed by atoms with Crippen molar-refractivity contribution in [1.82, 2.24) is 0 Å². The Morgan fingerprint density at radius 1 is 1.11 bits per heavy atom. The largest absolute Gasteiger partial charge is 0.483 e. The van der Waals surface area contributed by atoms with Crippen molar-refractivity contribution in [3.05, 3.63) is 59.7 Å². The minimum absolute atomic E-state index is 0.0127. The molecular weight excluding hydrogens is 238 g/mol. The Balaban J connectivity index is 1.90. The number of ether oxygens (including phenoxy) is 1. The molecule has 0 aromatic heterocycles. The first kappa shape index (κ1) is 13.1. The SMILES string of the molecule is Cc1cccc(NC(=O)COc2ccccc2C)c1. The van der Waals surface area contributed by atoms with Gasteiger partial charge in [-0.3, -0.25) is 4.79 Å². The molecule has 0 saturated carbocycles. The molecule has 0 aliphatic rings. The molecule has 0 radical (unpaired) electrons. The number of para-hydroxylation sites is 1. The van der Waals surface area contributed by atoms with E-state index in [1.165, 1.54) is 0 Å². The van der Waals surface area contributed by atoms with Gasteiger partial charge in [-0.2, -0.15) is 0 Å². The number of amides is 1. The molecule has 3 heteroatoms. The van der Waals surface area contributed by atoms with E-state index in [-0.39, 0.29) is 12.5 Å². The molecule has 0 aliphatic heterocycles. The Morgan fingerprint density at radius 2 is 1.89 bits per heavy atom. The maximum atomic E-state index is 11.8. The van der Waals surface area contributed by atoms with Crippen LogP contribution in [-0.4, -0.2) is 12.5 Å². The topological polar surface area (TPSA) is 38.3 Å². The molecule has 1 N–H and O–H groups in total. The molecule has 0 fully saturated rings. The number of aryl methyl sites for hydroxylation is 2. The fourth-order valence-electron chi connectivity index (χ4n) is 1.78. The third-order valence-electron chi connectivity index (χ3n) is 2.75. The zero-order valence-corrected chi connectivity index (χ0v) is 11.1. The van der Waals surface area contributed by atoms with Crippen molar-refractivity contribution in [2.75, 3.05) is 11.9 Å². The molecule has 0 heterocycles. The van der Waals surface area contributed by atoms with Gasteiger partial charge in [0, 0.05) is 5.69 Å². The Kier molecular flexibility index (Phi) is 4.18. The zero-order valence-electron chi connectivity index (χ0n) is 11.1. The number of carbonyl (C=O) groups is 1. The van der Waals surface area contributed by atoms with Crippen LogP contribution in [0.4, 0.5) is 5.69 Å². The average Bonchev–Trinajstić information content (AvgIpc) is 2.38. The van der Waals surface area contributed by atoms with Crippen LogP contribution in [0.3, 0.4) is 0 Å². The fourth-order valence-corrected chi connectivity index (χ4v) is 1.78. The maximum Gasteiger partial charge on any atom is 0.262 e. The molecule has 2 aromatic rings. The van der Waals surface area contributed by atoms with Gasteiger partial charge in [-0.05, 0) is 43.2 Å². The smallest absolute Gasteiger partial charge is 0.262 e. The predicted octanol–water partition coefficient (Wildman–Crippen LogP) is 3.32. The van der Waals surface area contributed by atoms with Gasteiger partial charge in [-0.25, -0.2) is 0 Å². The summed E-state index contributed by atoms with van der Waals surface area (Å²) in [5.41, 5.74) is 2.92. The predicted molar refractivity (Wildman–Crippen MR) is 76.5 cm³/mol. The summed E-state index contributed by atoms with van der Waals surface area (Å²) in [7, 11) is 0. The molecule has 98 valence electrons. The maximum absolute atomic E-state index is 11.8. The highest BCUT2D eigenvalue weighted by molar-refractivity contribution is 5.91. The molecule has 19 heavy (non-hydrogen) atoms. The summed E-state index contributed by atoms with van der Waals surface area (Å²) in [5.74, 6) is 0.579. The lowest BCUT2D eigenvalue weighted by atomic mass is 10.2. The number of anilines is 1. The van der Waals surface area contributed by atoms with Crippen LogP contribution in [0.2, 0.25) is 0 Å². The first-order valence-corrected chi connectivity index (χ1v) is 6.20. The molecule has 0 aliphatic carbocycles. The summed E-state index contributed by atoms with van der Waals surface area (Å²) < 4.78 is 5.49. The molecule has 0 unspecified atom stereocenters. The Hall–Kier alpha value is -2.29. The lowest BCUT2D eigenvalue weighted by Crippen LogP contribution is -2.20. The average molecular weight is 255 g/mol. The van der Waals surface area contributed by atoms with Gasteiger partial charge in [0.15, 0.2) is 6.61 Å². The van der Waals surface area contributed by atoms with Gasteiger partial charge in [0.1, 0.15) is 5.75 Å². The number of nitrogens with one attached hydrogen (secondary N) is 1. The van der Waals surface area contributed by atoms with Gasteiger partial charge in [-0.15, -0.1) is 0 Å². The summed E-state index contributed by atoms with van der Waals surface area (Å²) in [6.45, 7) is 3.95. The highest BCUT2D eigenvalue weighted by Gasteiger charge is 2.05. The number of hydrogen-bond acceptors (Lipinski definition) is 2. The van der Waals surface area contributed by atoms with E-state index in [9.17, 15) is 4.79 Å². The van der Waals surface area contributed by atoms with Crippen LogP contribution in [-0.2, 0) is 4.79 Å². The van der Waals surface area contributed by atoms with Gasteiger partial charge < -0.3 is 10.1 Å². The first-order chi connectivity index (χ1) is 9.15. The van der Waals surface area contributed by atoms with E-state index in [0.717, 1.165) is 22.6 Å². The third-order valence-corrected chi connectivity index (χ3v) is 2.75. The second kappa shape index (κ2) is 6.05. The molecular formula is C16H17NO2. The molecule has 3 nitrogen and oxygen atoms in total. The Bertz CT molecular complexity index is 578.